The molecule has 0 spiro atoms. The summed E-state index contributed by atoms with van der Waals surface area (Å²) in [6.45, 7) is 4.65. The Morgan fingerprint density at radius 1 is 0.643 bits per heavy atom. The van der Waals surface area contributed by atoms with E-state index in [0.717, 1.165) is 21.6 Å². The lowest BCUT2D eigenvalue weighted by atomic mass is 9.71. The van der Waals surface area contributed by atoms with Crippen molar-refractivity contribution in [2.75, 3.05) is 4.90 Å². The van der Waals surface area contributed by atoms with Crippen molar-refractivity contribution in [3.63, 3.8) is 0 Å². The molecule has 4 aromatic carbocycles. The van der Waals surface area contributed by atoms with Crippen LogP contribution in [0, 0.1) is 0 Å². The van der Waals surface area contributed by atoms with Crippen molar-refractivity contribution in [2.45, 2.75) is 26.2 Å². The first kappa shape index (κ1) is 28.0. The van der Waals surface area contributed by atoms with Crippen LogP contribution in [0.3, 0.4) is 0 Å². The zero-order valence-electron chi connectivity index (χ0n) is 22.9. The summed E-state index contributed by atoms with van der Waals surface area (Å²) in [5.41, 5.74) is 2.19. The number of esters is 2. The maximum Gasteiger partial charge on any atom is 0.335 e. The number of carboxylic acids is 1. The van der Waals surface area contributed by atoms with E-state index in [9.17, 15) is 29.1 Å². The molecule has 0 aliphatic carbocycles. The van der Waals surface area contributed by atoms with E-state index in [-0.39, 0.29) is 16.7 Å². The molecule has 9 heteroatoms. The molecule has 4 aromatic rings. The first-order chi connectivity index (χ1) is 20.0. The number of nitrogens with zero attached hydrogens (tertiary/aromatic N) is 1. The summed E-state index contributed by atoms with van der Waals surface area (Å²) in [5, 5.41) is 9.30. The number of ether oxygens (including phenoxy) is 2. The maximum absolute atomic E-state index is 13.2. The first-order valence-corrected chi connectivity index (χ1v) is 12.9. The van der Waals surface area contributed by atoms with Gasteiger partial charge in [-0.05, 0) is 78.2 Å². The second kappa shape index (κ2) is 10.8. The number of benzene rings is 4. The molecule has 1 N–H and O–H groups in total. The monoisotopic (exact) mass is 563 g/mol. The zero-order valence-corrected chi connectivity index (χ0v) is 22.9. The van der Waals surface area contributed by atoms with Crippen LogP contribution in [0.1, 0.15) is 68.5 Å². The molecule has 1 aliphatic heterocycles. The van der Waals surface area contributed by atoms with E-state index in [0.29, 0.717) is 17.2 Å². The lowest BCUT2D eigenvalue weighted by molar-refractivity contribution is -0.132. The molecule has 1 aliphatic rings. The minimum atomic E-state index is -1.19. The SMILES string of the molecule is CC(=O)Oc1ccc(C(C)(c2ccc(OC(C)=O)cc2)c2ccc(N3C(=O)c4ccc(C(=O)O)cc4C3=O)cc2)cc1. The summed E-state index contributed by atoms with van der Waals surface area (Å²) in [4.78, 5) is 61.5. The topological polar surface area (TPSA) is 127 Å². The fourth-order valence-electron chi connectivity index (χ4n) is 5.10. The Labute approximate surface area is 240 Å². The molecule has 0 bridgehead atoms. The molecule has 0 fully saturated rings. The van der Waals surface area contributed by atoms with Crippen molar-refractivity contribution in [3.8, 4) is 11.5 Å². The molecule has 0 atom stereocenters. The lowest BCUT2D eigenvalue weighted by Gasteiger charge is -2.32. The van der Waals surface area contributed by atoms with Crippen molar-refractivity contribution in [1.82, 2.24) is 0 Å². The summed E-state index contributed by atoms with van der Waals surface area (Å²) < 4.78 is 10.4. The summed E-state index contributed by atoms with van der Waals surface area (Å²) in [5.74, 6) is -2.41. The van der Waals surface area contributed by atoms with Crippen molar-refractivity contribution in [3.05, 3.63) is 124 Å². The summed E-state index contributed by atoms with van der Waals surface area (Å²) in [6.07, 6.45) is 0. The first-order valence-electron chi connectivity index (χ1n) is 12.9. The van der Waals surface area contributed by atoms with Gasteiger partial charge in [0.15, 0.2) is 0 Å². The van der Waals surface area contributed by atoms with E-state index < -0.39 is 35.1 Å². The number of anilines is 1. The summed E-state index contributed by atoms with van der Waals surface area (Å²) in [7, 11) is 0. The minimum absolute atomic E-state index is 0.0366. The van der Waals surface area contributed by atoms with E-state index in [2.05, 4.69) is 0 Å². The Kier molecular flexibility index (Phi) is 7.18. The number of rotatable bonds is 7. The Hall–Kier alpha value is -5.57. The van der Waals surface area contributed by atoms with Crippen LogP contribution in [-0.4, -0.2) is 34.8 Å². The van der Waals surface area contributed by atoms with Crippen LogP contribution < -0.4 is 14.4 Å². The van der Waals surface area contributed by atoms with Crippen LogP contribution in [0.2, 0.25) is 0 Å². The Morgan fingerprint density at radius 3 is 1.50 bits per heavy atom. The standard InChI is InChI=1S/C33H25NO8/c1-19(35)41-26-13-7-23(8-14-26)33(3,24-9-15-27(16-10-24)42-20(2)36)22-5-11-25(12-6-22)34-30(37)28-17-4-21(32(39)40)18-29(28)31(34)38/h4-18H,1-3H3,(H,39,40). The van der Waals surface area contributed by atoms with Crippen molar-refractivity contribution < 1.29 is 38.6 Å². The minimum Gasteiger partial charge on any atom is -0.478 e. The molecule has 0 saturated heterocycles. The summed E-state index contributed by atoms with van der Waals surface area (Å²) >= 11 is 0. The van der Waals surface area contributed by atoms with Crippen LogP contribution in [-0.2, 0) is 15.0 Å². The predicted molar refractivity (Wildman–Crippen MR) is 152 cm³/mol. The van der Waals surface area contributed by atoms with Gasteiger partial charge in [-0.25, -0.2) is 9.69 Å². The molecular weight excluding hydrogens is 538 g/mol. The molecule has 1 heterocycles. The largest absolute Gasteiger partial charge is 0.478 e. The highest BCUT2D eigenvalue weighted by molar-refractivity contribution is 6.34. The Morgan fingerprint density at radius 2 is 1.07 bits per heavy atom. The van der Waals surface area contributed by atoms with Crippen molar-refractivity contribution in [1.29, 1.82) is 0 Å². The number of hydrogen-bond acceptors (Lipinski definition) is 7. The third-order valence-corrected chi connectivity index (χ3v) is 7.22. The van der Waals surface area contributed by atoms with Crippen LogP contribution in [0.15, 0.2) is 91.0 Å². The number of amides is 2. The average Bonchev–Trinajstić information content (AvgIpc) is 3.21. The number of carbonyl (C=O) groups excluding carboxylic acids is 4. The zero-order chi connectivity index (χ0) is 30.2. The molecular formula is C33H25NO8. The number of imide groups is 1. The quantitative estimate of drug-likeness (QED) is 0.137. The number of carbonyl (C=O) groups is 5. The van der Waals surface area contributed by atoms with E-state index in [4.69, 9.17) is 9.47 Å². The number of aromatic carboxylic acids is 1. The van der Waals surface area contributed by atoms with Gasteiger partial charge in [-0.15, -0.1) is 0 Å². The van der Waals surface area contributed by atoms with Gasteiger partial charge >= 0.3 is 17.9 Å². The molecule has 0 saturated carbocycles. The van der Waals surface area contributed by atoms with Gasteiger partial charge in [0, 0.05) is 19.3 Å². The molecule has 42 heavy (non-hydrogen) atoms. The highest BCUT2D eigenvalue weighted by Gasteiger charge is 2.38. The van der Waals surface area contributed by atoms with E-state index >= 15 is 0 Å². The molecule has 0 radical (unpaired) electrons. The van der Waals surface area contributed by atoms with Crippen LogP contribution >= 0.6 is 0 Å². The second-order valence-electron chi connectivity index (χ2n) is 9.92. The van der Waals surface area contributed by atoms with Gasteiger partial charge < -0.3 is 14.6 Å². The molecule has 5 rings (SSSR count). The van der Waals surface area contributed by atoms with Gasteiger partial charge in [0.25, 0.3) is 11.8 Å². The van der Waals surface area contributed by atoms with Gasteiger partial charge in [0.1, 0.15) is 11.5 Å². The Bertz CT molecular complexity index is 1680. The van der Waals surface area contributed by atoms with E-state index in [1.165, 1.54) is 32.0 Å². The van der Waals surface area contributed by atoms with Gasteiger partial charge in [-0.3, -0.25) is 19.2 Å². The number of carboxylic acid groups (broad SMARTS) is 1. The van der Waals surface area contributed by atoms with Crippen LogP contribution in [0.25, 0.3) is 0 Å². The second-order valence-corrected chi connectivity index (χ2v) is 9.92. The van der Waals surface area contributed by atoms with Crippen molar-refractivity contribution >= 4 is 35.4 Å². The molecule has 210 valence electrons. The van der Waals surface area contributed by atoms with Gasteiger partial charge in [0.2, 0.25) is 0 Å². The third-order valence-electron chi connectivity index (χ3n) is 7.22. The fraction of sp³-hybridized carbons (Fsp3) is 0.121. The predicted octanol–water partition coefficient (Wildman–Crippen LogP) is 5.39. The van der Waals surface area contributed by atoms with Gasteiger partial charge in [0.05, 0.1) is 22.4 Å². The highest BCUT2D eigenvalue weighted by Crippen LogP contribution is 2.41. The molecule has 0 unspecified atom stereocenters. The summed E-state index contributed by atoms with van der Waals surface area (Å²) in [6, 6.07) is 24.9. The highest BCUT2D eigenvalue weighted by atomic mass is 16.5. The normalized spacial score (nSPS) is 12.6. The van der Waals surface area contributed by atoms with Crippen LogP contribution in [0.5, 0.6) is 11.5 Å². The smallest absolute Gasteiger partial charge is 0.335 e. The average molecular weight is 564 g/mol. The van der Waals surface area contributed by atoms with Gasteiger partial charge in [-0.2, -0.15) is 0 Å². The maximum atomic E-state index is 13.2. The molecule has 0 aromatic heterocycles. The van der Waals surface area contributed by atoms with E-state index in [1.54, 1.807) is 36.4 Å². The lowest BCUT2D eigenvalue weighted by Crippen LogP contribution is -2.30. The molecule has 2 amide bonds. The van der Waals surface area contributed by atoms with Gasteiger partial charge in [-0.1, -0.05) is 36.4 Å². The van der Waals surface area contributed by atoms with Crippen molar-refractivity contribution in [2.24, 2.45) is 0 Å². The van der Waals surface area contributed by atoms with Crippen LogP contribution in [0.4, 0.5) is 5.69 Å². The third kappa shape index (κ3) is 5.03. The number of fused-ring (bicyclic) bond motifs is 1. The Balaban J connectivity index is 1.54. The number of hydrogen-bond donors (Lipinski definition) is 1. The fourth-order valence-corrected chi connectivity index (χ4v) is 5.10. The molecule has 9 nitrogen and oxygen atoms in total. The van der Waals surface area contributed by atoms with E-state index in [1.807, 2.05) is 43.3 Å².